The van der Waals surface area contributed by atoms with Gasteiger partial charge in [-0.2, -0.15) is 9.97 Å². The van der Waals surface area contributed by atoms with E-state index in [1.807, 2.05) is 51.1 Å². The van der Waals surface area contributed by atoms with Gasteiger partial charge in [-0.3, -0.25) is 4.79 Å². The second kappa shape index (κ2) is 11.6. The molecule has 10 nitrogen and oxygen atoms in total. The Labute approximate surface area is 213 Å². The van der Waals surface area contributed by atoms with Crippen molar-refractivity contribution in [2.75, 3.05) is 17.7 Å². The second-order valence-electron chi connectivity index (χ2n) is 8.81. The van der Waals surface area contributed by atoms with E-state index in [0.29, 0.717) is 17.1 Å². The van der Waals surface area contributed by atoms with Gasteiger partial charge in [0.1, 0.15) is 11.4 Å². The summed E-state index contributed by atoms with van der Waals surface area (Å²) in [6.45, 7) is 6.17. The van der Waals surface area contributed by atoms with Crippen molar-refractivity contribution in [2.45, 2.75) is 32.6 Å². The van der Waals surface area contributed by atoms with Crippen LogP contribution in [0.15, 0.2) is 59.3 Å². The summed E-state index contributed by atoms with van der Waals surface area (Å²) >= 11 is 6.03. The molecule has 0 aliphatic rings. The first-order valence-electron chi connectivity index (χ1n) is 11.1. The fourth-order valence-corrected chi connectivity index (χ4v) is 3.23. The minimum absolute atomic E-state index is 0.177. The highest BCUT2D eigenvalue weighted by atomic mass is 35.5. The lowest BCUT2D eigenvalue weighted by molar-refractivity contribution is 0.100. The number of rotatable bonds is 6. The highest BCUT2D eigenvalue weighted by molar-refractivity contribution is 6.34. The molecule has 4 aromatic rings. The van der Waals surface area contributed by atoms with E-state index in [9.17, 15) is 4.79 Å². The van der Waals surface area contributed by atoms with Gasteiger partial charge in [0.05, 0.1) is 10.6 Å². The van der Waals surface area contributed by atoms with Crippen LogP contribution in [0.5, 0.6) is 0 Å². The van der Waals surface area contributed by atoms with Crippen LogP contribution in [0.1, 0.15) is 42.5 Å². The molecule has 2 heterocycles. The van der Waals surface area contributed by atoms with Crippen LogP contribution in [0, 0.1) is 0 Å². The summed E-state index contributed by atoms with van der Waals surface area (Å²) in [7, 11) is 0. The summed E-state index contributed by atoms with van der Waals surface area (Å²) in [5.41, 5.74) is 13.4. The Morgan fingerprint density at radius 2 is 1.86 bits per heavy atom. The Bertz CT molecular complexity index is 1320. The predicted molar refractivity (Wildman–Crippen MR) is 139 cm³/mol. The molecule has 0 radical (unpaired) electrons. The highest BCUT2D eigenvalue weighted by Crippen LogP contribution is 2.28. The van der Waals surface area contributed by atoms with Gasteiger partial charge in [0.25, 0.3) is 5.89 Å². The number of nitrogens with one attached hydrogen (secondary N) is 1. The van der Waals surface area contributed by atoms with E-state index >= 15 is 0 Å². The third-order valence-corrected chi connectivity index (χ3v) is 5.19. The number of aliphatic hydroxyl groups is 1. The van der Waals surface area contributed by atoms with Crippen LogP contribution in [0.4, 0.5) is 17.5 Å². The Morgan fingerprint density at radius 1 is 1.14 bits per heavy atom. The molecule has 1 amide bonds. The van der Waals surface area contributed by atoms with Gasteiger partial charge in [-0.05, 0) is 30.2 Å². The smallest absolute Gasteiger partial charge is 0.263 e. The van der Waals surface area contributed by atoms with Crippen LogP contribution in [0.25, 0.3) is 11.5 Å². The number of primary amides is 1. The molecule has 0 fully saturated rings. The lowest BCUT2D eigenvalue weighted by Gasteiger charge is -2.11. The topological polar surface area (TPSA) is 166 Å². The molecule has 0 atom stereocenters. The maximum Gasteiger partial charge on any atom is 0.263 e. The van der Waals surface area contributed by atoms with Gasteiger partial charge in [0, 0.05) is 23.9 Å². The molecule has 188 valence electrons. The van der Waals surface area contributed by atoms with Crippen molar-refractivity contribution in [1.29, 1.82) is 0 Å². The first kappa shape index (κ1) is 26.6. The van der Waals surface area contributed by atoms with Crippen LogP contribution in [0.2, 0.25) is 5.02 Å². The maximum atomic E-state index is 11.2. The first-order chi connectivity index (χ1) is 17.1. The Kier molecular flexibility index (Phi) is 8.57. The van der Waals surface area contributed by atoms with Crippen LogP contribution in [-0.4, -0.2) is 37.7 Å². The number of aromatic nitrogens is 4. The average Bonchev–Trinajstić information content (AvgIpc) is 3.31. The van der Waals surface area contributed by atoms with Crippen molar-refractivity contribution < 1.29 is 14.4 Å². The SMILES string of the molecule is CC(C)(C)c1noc(-c2cnc(Nc3ccc(C(N)=O)c(Cl)c3)nc2N)n1.OCCc1ccccc1. The maximum absolute atomic E-state index is 11.2. The fourth-order valence-electron chi connectivity index (χ4n) is 2.95. The number of carbonyl (C=O) groups is 1. The molecule has 0 spiro atoms. The molecule has 2 aromatic carbocycles. The van der Waals surface area contributed by atoms with Crippen molar-refractivity contribution in [3.05, 3.63) is 76.7 Å². The number of nitrogens with zero attached hydrogens (tertiary/aromatic N) is 4. The minimum atomic E-state index is -0.606. The molecular formula is C25H28ClN7O3. The zero-order valence-corrected chi connectivity index (χ0v) is 21.0. The van der Waals surface area contributed by atoms with Crippen LogP contribution >= 0.6 is 11.6 Å². The lowest BCUT2D eigenvalue weighted by atomic mass is 9.96. The number of nitrogens with two attached hydrogens (primary N) is 2. The van der Waals surface area contributed by atoms with E-state index in [-0.39, 0.29) is 40.3 Å². The molecule has 4 rings (SSSR count). The molecule has 0 aliphatic heterocycles. The number of halogens is 1. The second-order valence-corrected chi connectivity index (χ2v) is 9.22. The van der Waals surface area contributed by atoms with Crippen LogP contribution in [0.3, 0.4) is 0 Å². The van der Waals surface area contributed by atoms with Gasteiger partial charge in [-0.1, -0.05) is 67.9 Å². The quantitative estimate of drug-likeness (QED) is 0.299. The Morgan fingerprint density at radius 3 is 2.42 bits per heavy atom. The number of aliphatic hydroxyl groups excluding tert-OH is 1. The monoisotopic (exact) mass is 509 g/mol. The number of hydrogen-bond acceptors (Lipinski definition) is 9. The molecule has 0 aliphatic carbocycles. The summed E-state index contributed by atoms with van der Waals surface area (Å²) in [5.74, 6) is 0.623. The Hall–Kier alpha value is -4.02. The van der Waals surface area contributed by atoms with E-state index in [0.717, 1.165) is 6.42 Å². The van der Waals surface area contributed by atoms with E-state index in [2.05, 4.69) is 25.4 Å². The van der Waals surface area contributed by atoms with Gasteiger partial charge < -0.3 is 26.4 Å². The van der Waals surface area contributed by atoms with E-state index < -0.39 is 5.91 Å². The molecule has 11 heteroatoms. The van der Waals surface area contributed by atoms with Gasteiger partial charge >= 0.3 is 0 Å². The summed E-state index contributed by atoms with van der Waals surface area (Å²) < 4.78 is 5.26. The predicted octanol–water partition coefficient (Wildman–Crippen LogP) is 4.12. The van der Waals surface area contributed by atoms with Gasteiger partial charge in [0.15, 0.2) is 5.82 Å². The van der Waals surface area contributed by atoms with Gasteiger partial charge in [-0.15, -0.1) is 0 Å². The summed E-state index contributed by atoms with van der Waals surface area (Å²) in [6.07, 6.45) is 2.25. The summed E-state index contributed by atoms with van der Waals surface area (Å²) in [6, 6.07) is 14.6. The third kappa shape index (κ3) is 7.00. The van der Waals surface area contributed by atoms with Crippen molar-refractivity contribution in [3.63, 3.8) is 0 Å². The van der Waals surface area contributed by atoms with Gasteiger partial charge in [-0.25, -0.2) is 4.98 Å². The number of carbonyl (C=O) groups excluding carboxylic acids is 1. The molecule has 0 bridgehead atoms. The van der Waals surface area contributed by atoms with Crippen molar-refractivity contribution in [3.8, 4) is 11.5 Å². The standard InChI is InChI=1S/C17H18ClN7O2.C8H10O/c1-17(2,3)15-24-14(27-25-15)10-7-21-16(23-12(10)19)22-8-4-5-9(13(20)26)11(18)6-8;9-7-6-8-4-2-1-3-5-8/h4-7H,1-3H3,(H2,20,26)(H3,19,21,22,23);1-5,9H,6-7H2. The summed E-state index contributed by atoms with van der Waals surface area (Å²) in [5, 5.41) is 15.7. The Balaban J connectivity index is 0.000000338. The van der Waals surface area contributed by atoms with E-state index in [1.54, 1.807) is 12.1 Å². The lowest BCUT2D eigenvalue weighted by Crippen LogP contribution is -2.13. The van der Waals surface area contributed by atoms with Crippen LogP contribution < -0.4 is 16.8 Å². The fraction of sp³-hybridized carbons (Fsp3) is 0.240. The first-order valence-corrected chi connectivity index (χ1v) is 11.4. The van der Waals surface area contributed by atoms with Gasteiger partial charge in [0.2, 0.25) is 11.9 Å². The van der Waals surface area contributed by atoms with Crippen molar-refractivity contribution in [1.82, 2.24) is 20.1 Å². The summed E-state index contributed by atoms with van der Waals surface area (Å²) in [4.78, 5) is 24.0. The number of benzene rings is 2. The highest BCUT2D eigenvalue weighted by Gasteiger charge is 2.23. The molecule has 0 saturated heterocycles. The number of nitrogen functional groups attached to an aromatic ring is 1. The zero-order valence-electron chi connectivity index (χ0n) is 20.2. The van der Waals surface area contributed by atoms with Crippen molar-refractivity contribution in [2.24, 2.45) is 5.73 Å². The van der Waals surface area contributed by atoms with E-state index in [4.69, 9.17) is 32.7 Å². The van der Waals surface area contributed by atoms with Crippen molar-refractivity contribution >= 4 is 35.0 Å². The molecule has 36 heavy (non-hydrogen) atoms. The third-order valence-electron chi connectivity index (χ3n) is 4.88. The number of anilines is 3. The number of hydrogen-bond donors (Lipinski definition) is 4. The molecule has 2 aromatic heterocycles. The number of amides is 1. The molecule has 6 N–H and O–H groups in total. The minimum Gasteiger partial charge on any atom is -0.396 e. The van der Waals surface area contributed by atoms with E-state index in [1.165, 1.54) is 17.8 Å². The zero-order chi connectivity index (χ0) is 26.3. The average molecular weight is 510 g/mol. The normalized spacial score (nSPS) is 10.9. The molecular weight excluding hydrogens is 482 g/mol. The molecule has 0 saturated carbocycles. The van der Waals surface area contributed by atoms with Crippen LogP contribution in [-0.2, 0) is 11.8 Å². The largest absolute Gasteiger partial charge is 0.396 e. The molecule has 0 unspecified atom stereocenters.